The Bertz CT molecular complexity index is 835. The molecule has 0 aliphatic heterocycles. The predicted molar refractivity (Wildman–Crippen MR) is 85.5 cm³/mol. The van der Waals surface area contributed by atoms with E-state index in [0.717, 1.165) is 15.3 Å². The van der Waals surface area contributed by atoms with Crippen LogP contribution in [0.3, 0.4) is 0 Å². The molecular formula is C16H16N2O3S. The number of carbonyl (C=O) groups is 1. The predicted octanol–water partition coefficient (Wildman–Crippen LogP) is 3.44. The summed E-state index contributed by atoms with van der Waals surface area (Å²) in [7, 11) is 1.60. The smallest absolute Gasteiger partial charge is 0.255 e. The first kappa shape index (κ1) is 14.6. The van der Waals surface area contributed by atoms with Crippen LogP contribution in [0, 0.1) is 13.8 Å². The molecule has 0 aliphatic carbocycles. The highest BCUT2D eigenvalue weighted by molar-refractivity contribution is 7.11. The fourth-order valence-corrected chi connectivity index (χ4v) is 3.03. The van der Waals surface area contributed by atoms with Gasteiger partial charge in [0.15, 0.2) is 0 Å². The van der Waals surface area contributed by atoms with Gasteiger partial charge >= 0.3 is 0 Å². The van der Waals surface area contributed by atoms with Gasteiger partial charge in [0.25, 0.3) is 5.91 Å². The van der Waals surface area contributed by atoms with Crippen LogP contribution in [0.2, 0.25) is 0 Å². The normalized spacial score (nSPS) is 10.9. The topological polar surface area (TPSA) is 64.4 Å². The van der Waals surface area contributed by atoms with Crippen LogP contribution in [0.25, 0.3) is 11.0 Å². The Hall–Kier alpha value is -2.34. The quantitative estimate of drug-likeness (QED) is 0.801. The van der Waals surface area contributed by atoms with E-state index in [1.165, 1.54) is 0 Å². The van der Waals surface area contributed by atoms with Crippen LogP contribution in [-0.4, -0.2) is 17.9 Å². The number of aryl methyl sites for hydroxylation is 2. The molecule has 1 amide bonds. The minimum absolute atomic E-state index is 0.161. The van der Waals surface area contributed by atoms with E-state index in [1.54, 1.807) is 25.3 Å². The van der Waals surface area contributed by atoms with Crippen molar-refractivity contribution in [2.75, 3.05) is 7.05 Å². The van der Waals surface area contributed by atoms with Crippen molar-refractivity contribution >= 4 is 28.2 Å². The zero-order chi connectivity index (χ0) is 15.7. The fourth-order valence-electron chi connectivity index (χ4n) is 2.32. The molecule has 0 spiro atoms. The summed E-state index contributed by atoms with van der Waals surface area (Å²) in [5, 5.41) is 4.41. The lowest BCUT2D eigenvalue weighted by molar-refractivity contribution is 0.0963. The van der Waals surface area contributed by atoms with Gasteiger partial charge in [-0.1, -0.05) is 0 Å². The van der Waals surface area contributed by atoms with Gasteiger partial charge in [0.2, 0.25) is 0 Å². The lowest BCUT2D eigenvalue weighted by Gasteiger charge is -2.04. The molecule has 2 heterocycles. The number of hydrogen-bond acceptors (Lipinski definition) is 5. The molecule has 5 nitrogen and oxygen atoms in total. The molecule has 6 heteroatoms. The first-order chi connectivity index (χ1) is 10.6. The second-order valence-electron chi connectivity index (χ2n) is 4.90. The number of nitrogens with zero attached hydrogens (tertiary/aromatic N) is 1. The summed E-state index contributed by atoms with van der Waals surface area (Å²) in [5.41, 5.74) is 1.23. The molecule has 0 radical (unpaired) electrons. The Kier molecular flexibility index (Phi) is 3.85. The summed E-state index contributed by atoms with van der Waals surface area (Å²) in [5.74, 6) is 1.14. The van der Waals surface area contributed by atoms with E-state index in [0.29, 0.717) is 29.3 Å². The molecule has 1 aromatic carbocycles. The van der Waals surface area contributed by atoms with Crippen molar-refractivity contribution in [3.05, 3.63) is 45.6 Å². The average Bonchev–Trinajstić information content (AvgIpc) is 3.06. The number of hydrogen-bond donors (Lipinski definition) is 1. The van der Waals surface area contributed by atoms with Gasteiger partial charge in [-0.25, -0.2) is 4.98 Å². The van der Waals surface area contributed by atoms with E-state index in [4.69, 9.17) is 9.15 Å². The van der Waals surface area contributed by atoms with Crippen molar-refractivity contribution < 1.29 is 13.9 Å². The first-order valence-corrected chi connectivity index (χ1v) is 7.69. The number of aromatic nitrogens is 1. The summed E-state index contributed by atoms with van der Waals surface area (Å²) < 4.78 is 11.4. The molecule has 3 aromatic rings. The van der Waals surface area contributed by atoms with Crippen molar-refractivity contribution in [1.29, 1.82) is 0 Å². The molecule has 3 rings (SSSR count). The molecule has 0 fully saturated rings. The highest BCUT2D eigenvalue weighted by Gasteiger charge is 2.17. The van der Waals surface area contributed by atoms with Crippen LogP contribution in [0.1, 0.15) is 26.0 Å². The second kappa shape index (κ2) is 5.81. The van der Waals surface area contributed by atoms with Gasteiger partial charge in [0.1, 0.15) is 23.7 Å². The van der Waals surface area contributed by atoms with Crippen molar-refractivity contribution in [3.8, 4) is 5.75 Å². The maximum Gasteiger partial charge on any atom is 0.255 e. The lowest BCUT2D eigenvalue weighted by atomic mass is 10.1. The lowest BCUT2D eigenvalue weighted by Crippen LogP contribution is -2.18. The Balaban J connectivity index is 1.89. The minimum atomic E-state index is -0.161. The monoisotopic (exact) mass is 316 g/mol. The van der Waals surface area contributed by atoms with Crippen molar-refractivity contribution in [2.45, 2.75) is 20.5 Å². The molecule has 22 heavy (non-hydrogen) atoms. The van der Waals surface area contributed by atoms with Gasteiger partial charge in [-0.2, -0.15) is 0 Å². The maximum absolute atomic E-state index is 12.0. The number of furan rings is 1. The van der Waals surface area contributed by atoms with E-state index in [9.17, 15) is 4.79 Å². The van der Waals surface area contributed by atoms with Crippen LogP contribution in [0.5, 0.6) is 5.75 Å². The van der Waals surface area contributed by atoms with Crippen molar-refractivity contribution in [2.24, 2.45) is 0 Å². The fraction of sp³-hybridized carbons (Fsp3) is 0.250. The van der Waals surface area contributed by atoms with Crippen LogP contribution in [0.15, 0.2) is 28.8 Å². The van der Waals surface area contributed by atoms with Gasteiger partial charge in [-0.3, -0.25) is 4.79 Å². The molecule has 0 aliphatic rings. The Morgan fingerprint density at radius 1 is 1.41 bits per heavy atom. The SMILES string of the molecule is CNC(=O)c1c(C)oc2ccc(OCc3cnc(C)s3)cc12. The third kappa shape index (κ3) is 2.69. The third-order valence-corrected chi connectivity index (χ3v) is 4.23. The minimum Gasteiger partial charge on any atom is -0.488 e. The summed E-state index contributed by atoms with van der Waals surface area (Å²) in [6.07, 6.45) is 1.82. The average molecular weight is 316 g/mol. The number of benzene rings is 1. The molecule has 2 aromatic heterocycles. The van der Waals surface area contributed by atoms with Gasteiger partial charge < -0.3 is 14.5 Å². The van der Waals surface area contributed by atoms with Crippen molar-refractivity contribution in [3.63, 3.8) is 0 Å². The van der Waals surface area contributed by atoms with E-state index in [2.05, 4.69) is 10.3 Å². The summed E-state index contributed by atoms with van der Waals surface area (Å²) in [4.78, 5) is 17.2. The van der Waals surface area contributed by atoms with E-state index in [-0.39, 0.29) is 5.91 Å². The number of ether oxygens (including phenoxy) is 1. The number of thiazole rings is 1. The van der Waals surface area contributed by atoms with Crippen LogP contribution >= 0.6 is 11.3 Å². The van der Waals surface area contributed by atoms with Crippen LogP contribution < -0.4 is 10.1 Å². The van der Waals surface area contributed by atoms with Gasteiger partial charge in [0, 0.05) is 18.6 Å². The Labute approximate surface area is 131 Å². The molecule has 1 N–H and O–H groups in total. The van der Waals surface area contributed by atoms with E-state index >= 15 is 0 Å². The molecule has 0 saturated carbocycles. The van der Waals surface area contributed by atoms with Crippen LogP contribution in [-0.2, 0) is 6.61 Å². The molecule has 0 saturated heterocycles. The number of nitrogens with one attached hydrogen (secondary N) is 1. The zero-order valence-electron chi connectivity index (χ0n) is 12.6. The molecule has 0 atom stereocenters. The van der Waals surface area contributed by atoms with E-state index < -0.39 is 0 Å². The molecule has 0 unspecified atom stereocenters. The first-order valence-electron chi connectivity index (χ1n) is 6.88. The summed E-state index contributed by atoms with van der Waals surface area (Å²) in [6, 6.07) is 5.50. The van der Waals surface area contributed by atoms with Crippen molar-refractivity contribution in [1.82, 2.24) is 10.3 Å². The van der Waals surface area contributed by atoms with Crippen LogP contribution in [0.4, 0.5) is 0 Å². The number of rotatable bonds is 4. The summed E-state index contributed by atoms with van der Waals surface area (Å²) in [6.45, 7) is 4.21. The Morgan fingerprint density at radius 3 is 2.91 bits per heavy atom. The van der Waals surface area contributed by atoms with Gasteiger partial charge in [-0.15, -0.1) is 11.3 Å². The molecule has 114 valence electrons. The highest BCUT2D eigenvalue weighted by Crippen LogP contribution is 2.29. The van der Waals surface area contributed by atoms with E-state index in [1.807, 2.05) is 31.3 Å². The number of fused-ring (bicyclic) bond motifs is 1. The standard InChI is InChI=1S/C16H16N2O3S/c1-9-15(16(19)17-3)13-6-11(4-5-14(13)21-9)20-8-12-7-18-10(2)22-12/h4-7H,8H2,1-3H3,(H,17,19). The largest absolute Gasteiger partial charge is 0.488 e. The second-order valence-corrected chi connectivity index (χ2v) is 6.22. The highest BCUT2D eigenvalue weighted by atomic mass is 32.1. The maximum atomic E-state index is 12.0. The molecular weight excluding hydrogens is 300 g/mol. The van der Waals surface area contributed by atoms with Gasteiger partial charge in [-0.05, 0) is 32.0 Å². The zero-order valence-corrected chi connectivity index (χ0v) is 13.4. The summed E-state index contributed by atoms with van der Waals surface area (Å²) >= 11 is 1.61. The van der Waals surface area contributed by atoms with Gasteiger partial charge in [0.05, 0.1) is 15.4 Å². The number of carbonyl (C=O) groups excluding carboxylic acids is 1. The number of amides is 1. The third-order valence-electron chi connectivity index (χ3n) is 3.34. The molecule has 0 bridgehead atoms. The Morgan fingerprint density at radius 2 is 2.23 bits per heavy atom.